The molecule has 2 aromatic rings. The standard InChI is InChI=1S/C12H17N3S2/c1-3-6-9-12(17-15-14-9)11(13-4-2)10-7-5-8-16-10/h5,7-8,11,13H,3-4,6H2,1-2H3. The number of thiophene rings is 1. The predicted molar refractivity (Wildman–Crippen MR) is 73.7 cm³/mol. The molecular weight excluding hydrogens is 250 g/mol. The van der Waals surface area contributed by atoms with Gasteiger partial charge in [0.25, 0.3) is 0 Å². The van der Waals surface area contributed by atoms with Gasteiger partial charge in [0.2, 0.25) is 0 Å². The quantitative estimate of drug-likeness (QED) is 0.873. The maximum absolute atomic E-state index is 4.25. The van der Waals surface area contributed by atoms with E-state index in [2.05, 4.69) is 46.3 Å². The van der Waals surface area contributed by atoms with Crippen LogP contribution < -0.4 is 5.32 Å². The Morgan fingerprint density at radius 1 is 1.41 bits per heavy atom. The third-order valence-electron chi connectivity index (χ3n) is 2.57. The molecule has 0 aromatic carbocycles. The number of nitrogens with one attached hydrogen (secondary N) is 1. The Morgan fingerprint density at radius 3 is 2.94 bits per heavy atom. The molecule has 17 heavy (non-hydrogen) atoms. The second-order valence-corrected chi connectivity index (χ2v) is 5.60. The number of rotatable bonds is 6. The van der Waals surface area contributed by atoms with E-state index in [1.165, 1.54) is 21.3 Å². The van der Waals surface area contributed by atoms with Crippen molar-refractivity contribution in [2.24, 2.45) is 0 Å². The summed E-state index contributed by atoms with van der Waals surface area (Å²) in [6, 6.07) is 4.53. The van der Waals surface area contributed by atoms with Crippen LogP contribution in [0.25, 0.3) is 0 Å². The lowest BCUT2D eigenvalue weighted by molar-refractivity contribution is 0.639. The van der Waals surface area contributed by atoms with Crippen molar-refractivity contribution in [3.63, 3.8) is 0 Å². The van der Waals surface area contributed by atoms with Gasteiger partial charge < -0.3 is 5.32 Å². The van der Waals surface area contributed by atoms with Crippen molar-refractivity contribution in [2.45, 2.75) is 32.7 Å². The third-order valence-corrected chi connectivity index (χ3v) is 4.34. The van der Waals surface area contributed by atoms with E-state index < -0.39 is 0 Å². The van der Waals surface area contributed by atoms with E-state index in [-0.39, 0.29) is 6.04 Å². The smallest absolute Gasteiger partial charge is 0.0807 e. The first-order valence-corrected chi connectivity index (χ1v) is 7.60. The monoisotopic (exact) mass is 267 g/mol. The van der Waals surface area contributed by atoms with Crippen molar-refractivity contribution in [1.29, 1.82) is 0 Å². The Hall–Kier alpha value is -0.780. The maximum atomic E-state index is 4.25. The fraction of sp³-hybridized carbons (Fsp3) is 0.500. The van der Waals surface area contributed by atoms with Crippen molar-refractivity contribution >= 4 is 22.9 Å². The molecule has 0 bridgehead atoms. The highest BCUT2D eigenvalue weighted by Crippen LogP contribution is 2.30. The van der Waals surface area contributed by atoms with Crippen molar-refractivity contribution in [3.05, 3.63) is 33.0 Å². The van der Waals surface area contributed by atoms with Gasteiger partial charge in [-0.2, -0.15) is 0 Å². The third kappa shape index (κ3) is 2.91. The molecule has 92 valence electrons. The lowest BCUT2D eigenvalue weighted by atomic mass is 10.1. The van der Waals surface area contributed by atoms with Crippen molar-refractivity contribution in [2.75, 3.05) is 6.54 Å². The molecule has 1 atom stereocenters. The lowest BCUT2D eigenvalue weighted by Gasteiger charge is -2.15. The molecule has 0 aliphatic heterocycles. The molecule has 2 aromatic heterocycles. The van der Waals surface area contributed by atoms with Crippen LogP contribution in [0.4, 0.5) is 0 Å². The van der Waals surface area contributed by atoms with Crippen LogP contribution in [0.15, 0.2) is 17.5 Å². The normalized spacial score (nSPS) is 12.8. The number of hydrogen-bond donors (Lipinski definition) is 1. The van der Waals surface area contributed by atoms with Crippen LogP contribution >= 0.6 is 22.9 Å². The molecule has 0 radical (unpaired) electrons. The van der Waals surface area contributed by atoms with Gasteiger partial charge in [0.1, 0.15) is 0 Å². The van der Waals surface area contributed by atoms with E-state index in [4.69, 9.17) is 0 Å². The van der Waals surface area contributed by atoms with Gasteiger partial charge in [-0.25, -0.2) is 0 Å². The lowest BCUT2D eigenvalue weighted by Crippen LogP contribution is -2.21. The van der Waals surface area contributed by atoms with Crippen LogP contribution in [0, 0.1) is 0 Å². The molecule has 0 spiro atoms. The molecule has 3 nitrogen and oxygen atoms in total. The molecule has 5 heteroatoms. The zero-order chi connectivity index (χ0) is 12.1. The molecule has 2 heterocycles. The highest BCUT2D eigenvalue weighted by atomic mass is 32.1. The number of hydrogen-bond acceptors (Lipinski definition) is 5. The van der Waals surface area contributed by atoms with E-state index in [1.54, 1.807) is 11.3 Å². The van der Waals surface area contributed by atoms with Gasteiger partial charge in [-0.15, -0.1) is 16.4 Å². The van der Waals surface area contributed by atoms with E-state index in [9.17, 15) is 0 Å². The van der Waals surface area contributed by atoms with Gasteiger partial charge in [0, 0.05) is 4.88 Å². The fourth-order valence-corrected chi connectivity index (χ4v) is 3.50. The first kappa shape index (κ1) is 12.7. The molecule has 2 rings (SSSR count). The molecule has 1 N–H and O–H groups in total. The summed E-state index contributed by atoms with van der Waals surface area (Å²) in [7, 11) is 0. The van der Waals surface area contributed by atoms with E-state index in [1.807, 2.05) is 0 Å². The molecule has 0 saturated carbocycles. The van der Waals surface area contributed by atoms with Crippen molar-refractivity contribution in [3.8, 4) is 0 Å². The van der Waals surface area contributed by atoms with E-state index in [0.717, 1.165) is 25.1 Å². The van der Waals surface area contributed by atoms with Crippen LogP contribution in [-0.4, -0.2) is 16.1 Å². The zero-order valence-electron chi connectivity index (χ0n) is 10.1. The zero-order valence-corrected chi connectivity index (χ0v) is 11.8. The van der Waals surface area contributed by atoms with Gasteiger partial charge in [-0.05, 0) is 35.9 Å². The van der Waals surface area contributed by atoms with Gasteiger partial charge in [0.05, 0.1) is 16.6 Å². The summed E-state index contributed by atoms with van der Waals surface area (Å²) in [6.07, 6.45) is 2.13. The summed E-state index contributed by atoms with van der Waals surface area (Å²) in [5, 5.41) is 9.90. The number of aryl methyl sites for hydroxylation is 1. The maximum Gasteiger partial charge on any atom is 0.0807 e. The predicted octanol–water partition coefficient (Wildman–Crippen LogP) is 3.25. The summed E-state index contributed by atoms with van der Waals surface area (Å²) >= 11 is 3.30. The molecule has 0 saturated heterocycles. The molecule has 0 amide bonds. The molecule has 1 unspecified atom stereocenters. The summed E-state index contributed by atoms with van der Waals surface area (Å²) in [5.41, 5.74) is 1.15. The van der Waals surface area contributed by atoms with Crippen molar-refractivity contribution < 1.29 is 0 Å². The molecular formula is C12H17N3S2. The fourth-order valence-electron chi connectivity index (χ4n) is 1.83. The Labute approximate surface area is 110 Å². The summed E-state index contributed by atoms with van der Waals surface area (Å²) in [4.78, 5) is 2.62. The average Bonchev–Trinajstić information content (AvgIpc) is 2.97. The van der Waals surface area contributed by atoms with Gasteiger partial charge in [-0.1, -0.05) is 30.8 Å². The Kier molecular flexibility index (Phi) is 4.65. The minimum atomic E-state index is 0.265. The van der Waals surface area contributed by atoms with Gasteiger partial charge >= 0.3 is 0 Å². The summed E-state index contributed by atoms with van der Waals surface area (Å²) < 4.78 is 4.11. The first-order chi connectivity index (χ1) is 8.36. The van der Waals surface area contributed by atoms with Crippen LogP contribution in [0.3, 0.4) is 0 Å². The SMILES string of the molecule is CCCc1nnsc1C(NCC)c1cccs1. The Bertz CT molecular complexity index is 436. The second kappa shape index (κ2) is 6.23. The first-order valence-electron chi connectivity index (χ1n) is 5.94. The molecule has 0 aliphatic carbocycles. The minimum absolute atomic E-state index is 0.265. The van der Waals surface area contributed by atoms with Gasteiger partial charge in [-0.3, -0.25) is 0 Å². The van der Waals surface area contributed by atoms with Gasteiger partial charge in [0.15, 0.2) is 0 Å². The highest BCUT2D eigenvalue weighted by Gasteiger charge is 2.20. The van der Waals surface area contributed by atoms with E-state index in [0.29, 0.717) is 0 Å². The van der Waals surface area contributed by atoms with Crippen LogP contribution in [-0.2, 0) is 6.42 Å². The Morgan fingerprint density at radius 2 is 2.29 bits per heavy atom. The molecule has 0 aliphatic rings. The summed E-state index contributed by atoms with van der Waals surface area (Å²) in [6.45, 7) is 5.26. The molecule has 0 fully saturated rings. The van der Waals surface area contributed by atoms with Crippen LogP contribution in [0.5, 0.6) is 0 Å². The second-order valence-electron chi connectivity index (χ2n) is 3.84. The Balaban J connectivity index is 2.29. The van der Waals surface area contributed by atoms with Crippen LogP contribution in [0.2, 0.25) is 0 Å². The number of nitrogens with zero attached hydrogens (tertiary/aromatic N) is 2. The largest absolute Gasteiger partial charge is 0.305 e. The minimum Gasteiger partial charge on any atom is -0.305 e. The van der Waals surface area contributed by atoms with Crippen LogP contribution in [0.1, 0.15) is 41.8 Å². The van der Waals surface area contributed by atoms with E-state index >= 15 is 0 Å². The topological polar surface area (TPSA) is 37.8 Å². The summed E-state index contributed by atoms with van der Waals surface area (Å²) in [5.74, 6) is 0. The highest BCUT2D eigenvalue weighted by molar-refractivity contribution is 7.10. The van der Waals surface area contributed by atoms with Crippen molar-refractivity contribution in [1.82, 2.24) is 14.9 Å². The average molecular weight is 267 g/mol. The number of aromatic nitrogens is 2.